The number of piperidine rings is 1. The van der Waals surface area contributed by atoms with Crippen molar-refractivity contribution in [2.24, 2.45) is 0 Å². The first-order chi connectivity index (χ1) is 17.1. The Labute approximate surface area is 212 Å². The molecule has 0 radical (unpaired) electrons. The van der Waals surface area contributed by atoms with E-state index in [2.05, 4.69) is 15.1 Å². The normalized spacial score (nSPS) is 21.5. The molecule has 2 aliphatic heterocycles. The molecule has 186 valence electrons. The highest BCUT2D eigenvalue weighted by molar-refractivity contribution is 7.91. The highest BCUT2D eigenvalue weighted by atomic mass is 32.2. The maximum Gasteiger partial charge on any atom is 0.219 e. The topological polar surface area (TPSA) is 136 Å². The quantitative estimate of drug-likeness (QED) is 0.431. The molecule has 1 amide bonds. The van der Waals surface area contributed by atoms with Crippen LogP contribution in [-0.4, -0.2) is 62.1 Å². The molecule has 12 heteroatoms. The van der Waals surface area contributed by atoms with Gasteiger partial charge in [-0.2, -0.15) is 9.61 Å². The number of thiazole rings is 1. The lowest BCUT2D eigenvalue weighted by molar-refractivity contribution is -0.147. The molecule has 36 heavy (non-hydrogen) atoms. The molecule has 2 bridgehead atoms. The molecule has 2 saturated heterocycles. The van der Waals surface area contributed by atoms with Crippen molar-refractivity contribution in [2.45, 2.75) is 56.0 Å². The Bertz CT molecular complexity index is 1610. The molecule has 1 aliphatic carbocycles. The van der Waals surface area contributed by atoms with Crippen molar-refractivity contribution in [2.75, 3.05) is 12.0 Å². The molecule has 10 nitrogen and oxygen atoms in total. The Morgan fingerprint density at radius 2 is 1.89 bits per heavy atom. The zero-order valence-corrected chi connectivity index (χ0v) is 21.7. The fraction of sp³-hybridized carbons (Fsp3) is 0.375. The predicted octanol–water partition coefficient (Wildman–Crippen LogP) is 3.08. The van der Waals surface area contributed by atoms with E-state index in [1.807, 2.05) is 29.3 Å². The number of fused-ring (bicyclic) bond motifs is 3. The van der Waals surface area contributed by atoms with E-state index in [1.54, 1.807) is 19.3 Å². The molecular weight excluding hydrogens is 498 g/mol. The minimum atomic E-state index is -3.67. The van der Waals surface area contributed by atoms with Crippen LogP contribution in [0.15, 0.2) is 34.8 Å². The lowest BCUT2D eigenvalue weighted by Crippen LogP contribution is -2.62. The first-order valence-corrected chi connectivity index (χ1v) is 14.4. The number of hydrogen-bond donors (Lipinski definition) is 1. The summed E-state index contributed by atoms with van der Waals surface area (Å²) in [5.41, 5.74) is 10.6. The molecule has 0 aromatic carbocycles. The fourth-order valence-electron chi connectivity index (χ4n) is 5.64. The summed E-state index contributed by atoms with van der Waals surface area (Å²) in [6, 6.07) is 4.04. The Kier molecular flexibility index (Phi) is 5.16. The molecule has 2 unspecified atom stereocenters. The van der Waals surface area contributed by atoms with Crippen LogP contribution in [-0.2, 0) is 14.6 Å². The Balaban J connectivity index is 1.44. The fourth-order valence-corrected chi connectivity index (χ4v) is 7.47. The smallest absolute Gasteiger partial charge is 0.219 e. The van der Waals surface area contributed by atoms with Gasteiger partial charge >= 0.3 is 0 Å². The van der Waals surface area contributed by atoms with Crippen LogP contribution in [0.2, 0.25) is 0 Å². The van der Waals surface area contributed by atoms with Gasteiger partial charge < -0.3 is 10.6 Å². The summed E-state index contributed by atoms with van der Waals surface area (Å²) >= 11 is 1.54. The van der Waals surface area contributed by atoms with Crippen LogP contribution in [0.5, 0.6) is 0 Å². The summed E-state index contributed by atoms with van der Waals surface area (Å²) in [5.74, 6) is -0.00470. The number of nitrogens with two attached hydrogens (primary N) is 1. The number of carbonyl (C=O) groups is 1. The molecule has 6 heterocycles. The van der Waals surface area contributed by atoms with Crippen molar-refractivity contribution < 1.29 is 13.2 Å². The van der Waals surface area contributed by atoms with Gasteiger partial charge in [0.25, 0.3) is 0 Å². The standard InChI is InChI=1S/C24H25N7O3S2/c1-12-11-35-24(28-12)19-5-4-14(9-26-19)18-10-27-31-22(25)21(36(3,33)34)20(29-23(18)31)15-6-16-8-17(7-15)30(16)13(2)32/h4-5,9-11,15-17H,6-8,25H2,1-3H3/t15?,16-,17?/m1/s1. The molecule has 0 spiro atoms. The van der Waals surface area contributed by atoms with Crippen molar-refractivity contribution in [1.29, 1.82) is 0 Å². The number of nitrogens with zero attached hydrogens (tertiary/aromatic N) is 6. The monoisotopic (exact) mass is 523 g/mol. The zero-order valence-electron chi connectivity index (χ0n) is 20.0. The molecule has 3 aliphatic rings. The van der Waals surface area contributed by atoms with Gasteiger partial charge in [0.05, 0.1) is 17.6 Å². The van der Waals surface area contributed by atoms with Gasteiger partial charge in [-0.3, -0.25) is 9.78 Å². The lowest BCUT2D eigenvalue weighted by atomic mass is 9.72. The van der Waals surface area contributed by atoms with E-state index in [4.69, 9.17) is 10.7 Å². The second-order valence-corrected chi connectivity index (χ2v) is 12.5. The highest BCUT2D eigenvalue weighted by Crippen LogP contribution is 2.47. The van der Waals surface area contributed by atoms with Gasteiger partial charge in [0.1, 0.15) is 15.7 Å². The van der Waals surface area contributed by atoms with Gasteiger partial charge in [0.15, 0.2) is 15.5 Å². The lowest BCUT2D eigenvalue weighted by Gasteiger charge is -2.55. The number of anilines is 1. The molecule has 2 N–H and O–H groups in total. The van der Waals surface area contributed by atoms with Crippen LogP contribution in [0.3, 0.4) is 0 Å². The first-order valence-electron chi connectivity index (χ1n) is 11.7. The highest BCUT2D eigenvalue weighted by Gasteiger charge is 2.48. The average molecular weight is 524 g/mol. The second-order valence-electron chi connectivity index (χ2n) is 9.64. The van der Waals surface area contributed by atoms with E-state index in [-0.39, 0.29) is 34.6 Å². The van der Waals surface area contributed by atoms with Gasteiger partial charge in [-0.1, -0.05) is 6.07 Å². The van der Waals surface area contributed by atoms with Crippen LogP contribution in [0.4, 0.5) is 5.82 Å². The summed E-state index contributed by atoms with van der Waals surface area (Å²) in [5, 5.41) is 7.20. The van der Waals surface area contributed by atoms with E-state index < -0.39 is 9.84 Å². The predicted molar refractivity (Wildman–Crippen MR) is 136 cm³/mol. The van der Waals surface area contributed by atoms with Crippen LogP contribution < -0.4 is 5.73 Å². The molecule has 4 aromatic heterocycles. The van der Waals surface area contributed by atoms with E-state index in [0.29, 0.717) is 29.7 Å². The summed E-state index contributed by atoms with van der Waals surface area (Å²) < 4.78 is 27.1. The van der Waals surface area contributed by atoms with Crippen LogP contribution in [0, 0.1) is 6.92 Å². The number of rotatable bonds is 4. The maximum atomic E-state index is 12.8. The minimum Gasteiger partial charge on any atom is -0.382 e. The Morgan fingerprint density at radius 1 is 1.14 bits per heavy atom. The third-order valence-corrected chi connectivity index (χ3v) is 9.28. The third-order valence-electron chi connectivity index (χ3n) is 7.14. The summed E-state index contributed by atoms with van der Waals surface area (Å²) in [6.07, 6.45) is 6.79. The summed E-state index contributed by atoms with van der Waals surface area (Å²) in [4.78, 5) is 27.9. The van der Waals surface area contributed by atoms with Crippen molar-refractivity contribution in [3.8, 4) is 21.8 Å². The SMILES string of the molecule is CC(=O)N1C2CC(c3nc4c(-c5ccc(-c6nc(C)cs6)nc5)cnn4c(N)c3S(C)(=O)=O)C[C@@H]1C2. The summed E-state index contributed by atoms with van der Waals surface area (Å²) in [7, 11) is -3.67. The van der Waals surface area contributed by atoms with E-state index in [1.165, 1.54) is 15.9 Å². The van der Waals surface area contributed by atoms with Gasteiger partial charge in [0.2, 0.25) is 5.91 Å². The van der Waals surface area contributed by atoms with E-state index in [9.17, 15) is 13.2 Å². The van der Waals surface area contributed by atoms with Crippen molar-refractivity contribution in [3.63, 3.8) is 0 Å². The van der Waals surface area contributed by atoms with Crippen molar-refractivity contribution in [3.05, 3.63) is 41.3 Å². The molecule has 1 saturated carbocycles. The molecule has 7 rings (SSSR count). The minimum absolute atomic E-state index is 0.0259. The number of carbonyl (C=O) groups excluding carboxylic acids is 1. The number of pyridine rings is 1. The van der Waals surface area contributed by atoms with Crippen LogP contribution in [0.25, 0.3) is 27.5 Å². The number of hydrogen-bond acceptors (Lipinski definition) is 9. The van der Waals surface area contributed by atoms with Gasteiger partial charge in [-0.15, -0.1) is 11.3 Å². The third kappa shape index (κ3) is 3.58. The Hall–Kier alpha value is -3.38. The van der Waals surface area contributed by atoms with E-state index >= 15 is 0 Å². The second kappa shape index (κ2) is 8.07. The molecule has 3 atom stereocenters. The largest absolute Gasteiger partial charge is 0.382 e. The number of sulfone groups is 1. The van der Waals surface area contributed by atoms with Gasteiger partial charge in [0, 0.05) is 59.6 Å². The van der Waals surface area contributed by atoms with Crippen LogP contribution >= 0.6 is 11.3 Å². The number of aryl methyl sites for hydroxylation is 1. The van der Waals surface area contributed by atoms with Crippen molar-refractivity contribution in [1.82, 2.24) is 29.5 Å². The Morgan fingerprint density at radius 3 is 2.47 bits per heavy atom. The molecule has 4 aromatic rings. The van der Waals surface area contributed by atoms with Crippen LogP contribution in [0.1, 0.15) is 43.5 Å². The number of aromatic nitrogens is 5. The molecular formula is C24H25N7O3S2. The zero-order chi connectivity index (χ0) is 25.4. The first kappa shape index (κ1) is 23.0. The summed E-state index contributed by atoms with van der Waals surface area (Å²) in [6.45, 7) is 3.52. The maximum absolute atomic E-state index is 12.8. The van der Waals surface area contributed by atoms with Gasteiger partial charge in [-0.05, 0) is 32.3 Å². The number of nitrogen functional groups attached to an aromatic ring is 1. The van der Waals surface area contributed by atoms with Crippen molar-refractivity contribution >= 4 is 38.5 Å². The van der Waals surface area contributed by atoms with Gasteiger partial charge in [-0.25, -0.2) is 18.4 Å². The van der Waals surface area contributed by atoms with E-state index in [0.717, 1.165) is 34.6 Å². The average Bonchev–Trinajstić information content (AvgIpc) is 3.44. The number of amides is 1. The molecule has 3 fully saturated rings.